The van der Waals surface area contributed by atoms with E-state index in [1.54, 1.807) is 12.1 Å². The van der Waals surface area contributed by atoms with Gasteiger partial charge in [-0.05, 0) is 37.3 Å². The van der Waals surface area contributed by atoms with E-state index in [0.717, 1.165) is 6.07 Å². The highest BCUT2D eigenvalue weighted by atomic mass is 35.5. The molecule has 1 amide bonds. The van der Waals surface area contributed by atoms with Crippen LogP contribution in [-0.2, 0) is 9.53 Å². The van der Waals surface area contributed by atoms with Crippen LogP contribution >= 0.6 is 23.2 Å². The highest BCUT2D eigenvalue weighted by molar-refractivity contribution is 6.32. The molecule has 0 saturated carbocycles. The number of methoxy groups -OCH3 is 1. The fraction of sp³-hybridized carbons (Fsp3) is 0.176. The minimum Gasteiger partial charge on any atom is -0.495 e. The number of nitro groups is 1. The minimum absolute atomic E-state index is 0.105. The first-order valence-corrected chi connectivity index (χ1v) is 8.28. The van der Waals surface area contributed by atoms with Crippen LogP contribution in [0.2, 0.25) is 10.0 Å². The largest absolute Gasteiger partial charge is 0.495 e. The fourth-order valence-electron chi connectivity index (χ4n) is 2.07. The molecule has 2 aromatic carbocycles. The van der Waals surface area contributed by atoms with Gasteiger partial charge in [0.15, 0.2) is 6.10 Å². The molecule has 0 saturated heterocycles. The summed E-state index contributed by atoms with van der Waals surface area (Å²) in [6.07, 6.45) is -1.18. The molecule has 0 radical (unpaired) electrons. The number of carbonyl (C=O) groups is 2. The summed E-state index contributed by atoms with van der Waals surface area (Å²) in [6, 6.07) is 8.10. The lowest BCUT2D eigenvalue weighted by Gasteiger charge is -2.15. The predicted octanol–water partition coefficient (Wildman–Crippen LogP) is 4.09. The molecule has 2 aromatic rings. The summed E-state index contributed by atoms with van der Waals surface area (Å²) in [5.41, 5.74) is -0.238. The van der Waals surface area contributed by atoms with Gasteiger partial charge in [-0.2, -0.15) is 0 Å². The molecule has 142 valence electrons. The average Bonchev–Trinajstić information content (AvgIpc) is 2.61. The Kier molecular flexibility index (Phi) is 6.59. The van der Waals surface area contributed by atoms with Crippen LogP contribution in [0.5, 0.6) is 5.75 Å². The van der Waals surface area contributed by atoms with E-state index in [1.165, 1.54) is 32.2 Å². The molecule has 10 heteroatoms. The van der Waals surface area contributed by atoms with Crippen LogP contribution in [0, 0.1) is 10.1 Å². The average molecular weight is 413 g/mol. The number of carbonyl (C=O) groups excluding carboxylic acids is 2. The van der Waals surface area contributed by atoms with Gasteiger partial charge in [0, 0.05) is 11.1 Å². The number of halogens is 2. The van der Waals surface area contributed by atoms with Crippen LogP contribution in [-0.4, -0.2) is 30.0 Å². The molecular weight excluding hydrogens is 399 g/mol. The highest BCUT2D eigenvalue weighted by Gasteiger charge is 2.22. The highest BCUT2D eigenvalue weighted by Crippen LogP contribution is 2.28. The number of rotatable bonds is 6. The molecule has 1 N–H and O–H groups in total. The van der Waals surface area contributed by atoms with Gasteiger partial charge < -0.3 is 14.8 Å². The van der Waals surface area contributed by atoms with Crippen molar-refractivity contribution in [1.82, 2.24) is 0 Å². The third kappa shape index (κ3) is 5.08. The van der Waals surface area contributed by atoms with Gasteiger partial charge in [-0.3, -0.25) is 14.9 Å². The molecule has 0 unspecified atom stereocenters. The fourth-order valence-corrected chi connectivity index (χ4v) is 2.43. The Bertz CT molecular complexity index is 903. The van der Waals surface area contributed by atoms with Crippen molar-refractivity contribution in [3.8, 4) is 5.75 Å². The van der Waals surface area contributed by atoms with Crippen LogP contribution in [0.25, 0.3) is 0 Å². The summed E-state index contributed by atoms with van der Waals surface area (Å²) in [4.78, 5) is 34.6. The molecule has 0 spiro atoms. The van der Waals surface area contributed by atoms with Gasteiger partial charge in [-0.1, -0.05) is 23.2 Å². The molecule has 2 rings (SSSR count). The molecule has 0 aliphatic heterocycles. The number of hydrogen-bond acceptors (Lipinski definition) is 6. The smallest absolute Gasteiger partial charge is 0.339 e. The maximum Gasteiger partial charge on any atom is 0.339 e. The van der Waals surface area contributed by atoms with Crippen LogP contribution in [0.4, 0.5) is 11.4 Å². The van der Waals surface area contributed by atoms with Gasteiger partial charge in [0.1, 0.15) is 10.8 Å². The quantitative estimate of drug-likeness (QED) is 0.434. The summed E-state index contributed by atoms with van der Waals surface area (Å²) >= 11 is 11.6. The Morgan fingerprint density at radius 2 is 1.89 bits per heavy atom. The van der Waals surface area contributed by atoms with Crippen LogP contribution < -0.4 is 10.1 Å². The Morgan fingerprint density at radius 1 is 1.19 bits per heavy atom. The molecule has 0 bridgehead atoms. The molecule has 0 aliphatic rings. The number of nitrogens with one attached hydrogen (secondary N) is 1. The SMILES string of the molecule is COc1ccc(Cl)cc1NC(=O)[C@@H](C)OC(=O)c1ccc(Cl)c([N+](=O)[O-])c1. The second kappa shape index (κ2) is 8.70. The molecule has 8 nitrogen and oxygen atoms in total. The number of nitro benzene ring substituents is 1. The van der Waals surface area contributed by atoms with E-state index in [4.69, 9.17) is 32.7 Å². The maximum atomic E-state index is 12.3. The van der Waals surface area contributed by atoms with E-state index in [0.29, 0.717) is 16.5 Å². The zero-order valence-corrected chi connectivity index (χ0v) is 15.7. The number of ether oxygens (including phenoxy) is 2. The number of benzene rings is 2. The Morgan fingerprint density at radius 3 is 2.52 bits per heavy atom. The normalized spacial score (nSPS) is 11.4. The van der Waals surface area contributed by atoms with E-state index in [1.807, 2.05) is 0 Å². The zero-order chi connectivity index (χ0) is 20.1. The van der Waals surface area contributed by atoms with Gasteiger partial charge in [0.05, 0.1) is 23.3 Å². The summed E-state index contributed by atoms with van der Waals surface area (Å²) < 4.78 is 10.2. The van der Waals surface area contributed by atoms with Crippen molar-refractivity contribution in [2.45, 2.75) is 13.0 Å². The van der Waals surface area contributed by atoms with E-state index < -0.39 is 28.6 Å². The van der Waals surface area contributed by atoms with Gasteiger partial charge in [0.2, 0.25) is 0 Å². The topological polar surface area (TPSA) is 108 Å². The van der Waals surface area contributed by atoms with E-state index >= 15 is 0 Å². The molecule has 0 fully saturated rings. The van der Waals surface area contributed by atoms with E-state index in [-0.39, 0.29) is 10.6 Å². The summed E-state index contributed by atoms with van der Waals surface area (Å²) in [5, 5.41) is 13.7. The van der Waals surface area contributed by atoms with E-state index in [2.05, 4.69) is 5.32 Å². The second-order valence-corrected chi connectivity index (χ2v) is 6.15. The molecule has 27 heavy (non-hydrogen) atoms. The lowest BCUT2D eigenvalue weighted by Crippen LogP contribution is -2.30. The van der Waals surface area contributed by atoms with Crippen molar-refractivity contribution in [1.29, 1.82) is 0 Å². The van der Waals surface area contributed by atoms with Gasteiger partial charge in [0.25, 0.3) is 11.6 Å². The standard InChI is InChI=1S/C17H14Cl2N2O6/c1-9(16(22)20-13-8-11(18)4-6-15(13)26-2)27-17(23)10-3-5-12(19)14(7-10)21(24)25/h3-9H,1-2H3,(H,20,22)/t9-/m1/s1. The number of anilines is 1. The first-order chi connectivity index (χ1) is 12.7. The van der Waals surface area contributed by atoms with Gasteiger partial charge in [-0.15, -0.1) is 0 Å². The predicted molar refractivity (Wildman–Crippen MR) is 99.6 cm³/mol. The second-order valence-electron chi connectivity index (χ2n) is 5.30. The lowest BCUT2D eigenvalue weighted by atomic mass is 10.2. The first-order valence-electron chi connectivity index (χ1n) is 7.52. The summed E-state index contributed by atoms with van der Waals surface area (Å²) in [5.74, 6) is -1.16. The van der Waals surface area contributed by atoms with Crippen molar-refractivity contribution in [2.24, 2.45) is 0 Å². The number of amides is 1. The molecular formula is C17H14Cl2N2O6. The first kappa shape index (κ1) is 20.5. The number of hydrogen-bond donors (Lipinski definition) is 1. The van der Waals surface area contributed by atoms with E-state index in [9.17, 15) is 19.7 Å². The maximum absolute atomic E-state index is 12.3. The number of esters is 1. The van der Waals surface area contributed by atoms with Crippen LogP contribution in [0.1, 0.15) is 17.3 Å². The lowest BCUT2D eigenvalue weighted by molar-refractivity contribution is -0.384. The van der Waals surface area contributed by atoms with Crippen molar-refractivity contribution in [3.05, 3.63) is 62.1 Å². The number of nitrogens with zero attached hydrogens (tertiary/aromatic N) is 1. The Balaban J connectivity index is 2.10. The minimum atomic E-state index is -1.18. The molecule has 0 heterocycles. The Labute approximate surface area is 164 Å². The van der Waals surface area contributed by atoms with Crippen LogP contribution in [0.15, 0.2) is 36.4 Å². The zero-order valence-electron chi connectivity index (χ0n) is 14.2. The van der Waals surface area contributed by atoms with Gasteiger partial charge in [-0.25, -0.2) is 4.79 Å². The third-order valence-electron chi connectivity index (χ3n) is 3.45. The Hall–Kier alpha value is -2.84. The van der Waals surface area contributed by atoms with Crippen LogP contribution in [0.3, 0.4) is 0 Å². The summed E-state index contributed by atoms with van der Waals surface area (Å²) in [7, 11) is 1.43. The van der Waals surface area contributed by atoms with Gasteiger partial charge >= 0.3 is 5.97 Å². The van der Waals surface area contributed by atoms with Crippen molar-refractivity contribution < 1.29 is 24.0 Å². The summed E-state index contributed by atoms with van der Waals surface area (Å²) in [6.45, 7) is 1.36. The molecule has 1 atom stereocenters. The molecule has 0 aliphatic carbocycles. The molecule has 0 aromatic heterocycles. The monoisotopic (exact) mass is 412 g/mol. The van der Waals surface area contributed by atoms with Crippen molar-refractivity contribution in [3.63, 3.8) is 0 Å². The van der Waals surface area contributed by atoms with Crippen molar-refractivity contribution in [2.75, 3.05) is 12.4 Å². The third-order valence-corrected chi connectivity index (χ3v) is 4.01. The van der Waals surface area contributed by atoms with Crippen molar-refractivity contribution >= 4 is 46.5 Å².